The van der Waals surface area contributed by atoms with Crippen LogP contribution in [0.4, 0.5) is 0 Å². The van der Waals surface area contributed by atoms with Crippen LogP contribution in [-0.4, -0.2) is 20.2 Å². The first-order valence-corrected chi connectivity index (χ1v) is 8.75. The van der Waals surface area contributed by atoms with Crippen molar-refractivity contribution in [2.45, 2.75) is 11.0 Å². The van der Waals surface area contributed by atoms with Gasteiger partial charge in [-0.2, -0.15) is 0 Å². The molecule has 6 nitrogen and oxygen atoms in total. The van der Waals surface area contributed by atoms with Gasteiger partial charge in [0.2, 0.25) is 5.89 Å². The number of rotatable bonds is 4. The molecule has 8 heteroatoms. The Morgan fingerprint density at radius 1 is 1.12 bits per heavy atom. The van der Waals surface area contributed by atoms with Crippen molar-refractivity contribution in [3.05, 3.63) is 69.7 Å². The highest BCUT2D eigenvalue weighted by atomic mass is 35.5. The van der Waals surface area contributed by atoms with Crippen LogP contribution < -0.4 is 5.56 Å². The molecule has 0 atom stereocenters. The summed E-state index contributed by atoms with van der Waals surface area (Å²) in [4.78, 5) is 19.3. The number of halogens is 1. The minimum atomic E-state index is -0.224. The SMILES string of the molecule is O=c1[nH]c(CSc2nnc(-c3ccccc3)o2)nc2ccc(Cl)cc12. The van der Waals surface area contributed by atoms with E-state index in [1.807, 2.05) is 30.3 Å². The number of aromatic nitrogens is 4. The smallest absolute Gasteiger partial charge is 0.277 e. The van der Waals surface area contributed by atoms with Gasteiger partial charge in [-0.15, -0.1) is 10.2 Å². The first-order chi connectivity index (χ1) is 12.2. The molecule has 0 aliphatic carbocycles. The number of thioether (sulfide) groups is 1. The molecule has 25 heavy (non-hydrogen) atoms. The Morgan fingerprint density at radius 2 is 1.96 bits per heavy atom. The highest BCUT2D eigenvalue weighted by Gasteiger charge is 2.10. The van der Waals surface area contributed by atoms with E-state index in [4.69, 9.17) is 16.0 Å². The summed E-state index contributed by atoms with van der Waals surface area (Å²) < 4.78 is 5.63. The molecular weight excluding hydrogens is 360 g/mol. The molecular formula is C17H11ClN4O2S. The van der Waals surface area contributed by atoms with Crippen molar-refractivity contribution in [2.75, 3.05) is 0 Å². The van der Waals surface area contributed by atoms with Crippen LogP contribution >= 0.6 is 23.4 Å². The van der Waals surface area contributed by atoms with Gasteiger partial charge in [0.15, 0.2) is 0 Å². The van der Waals surface area contributed by atoms with Crippen LogP contribution in [-0.2, 0) is 5.75 Å². The zero-order valence-corrected chi connectivity index (χ0v) is 14.3. The second-order valence-corrected chi connectivity index (χ2v) is 6.56. The largest absolute Gasteiger partial charge is 0.411 e. The van der Waals surface area contributed by atoms with Crippen molar-refractivity contribution >= 4 is 34.3 Å². The maximum absolute atomic E-state index is 12.1. The lowest BCUT2D eigenvalue weighted by Gasteiger charge is -2.01. The maximum Gasteiger partial charge on any atom is 0.277 e. The summed E-state index contributed by atoms with van der Waals surface area (Å²) in [7, 11) is 0. The summed E-state index contributed by atoms with van der Waals surface area (Å²) in [6.45, 7) is 0. The van der Waals surface area contributed by atoms with E-state index < -0.39 is 0 Å². The third-order valence-electron chi connectivity index (χ3n) is 3.48. The van der Waals surface area contributed by atoms with Gasteiger partial charge in [0.05, 0.1) is 16.7 Å². The lowest BCUT2D eigenvalue weighted by molar-refractivity contribution is 0.465. The van der Waals surface area contributed by atoms with Crippen LogP contribution in [0.5, 0.6) is 0 Å². The fourth-order valence-corrected chi connectivity index (χ4v) is 3.13. The van der Waals surface area contributed by atoms with Gasteiger partial charge in [0, 0.05) is 10.6 Å². The van der Waals surface area contributed by atoms with Gasteiger partial charge in [-0.3, -0.25) is 4.79 Å². The summed E-state index contributed by atoms with van der Waals surface area (Å²) in [5.74, 6) is 1.39. The fraction of sp³-hybridized carbons (Fsp3) is 0.0588. The number of hydrogen-bond donors (Lipinski definition) is 1. The second kappa shape index (κ2) is 6.70. The molecule has 0 spiro atoms. The van der Waals surface area contributed by atoms with E-state index >= 15 is 0 Å². The minimum absolute atomic E-state index is 0.224. The number of H-pyrrole nitrogens is 1. The van der Waals surface area contributed by atoms with Crippen molar-refractivity contribution in [1.82, 2.24) is 20.2 Å². The molecule has 0 saturated carbocycles. The van der Waals surface area contributed by atoms with Crippen molar-refractivity contribution in [1.29, 1.82) is 0 Å². The highest BCUT2D eigenvalue weighted by molar-refractivity contribution is 7.98. The van der Waals surface area contributed by atoms with Crippen molar-refractivity contribution < 1.29 is 4.42 Å². The molecule has 0 radical (unpaired) electrons. The average molecular weight is 371 g/mol. The predicted molar refractivity (Wildman–Crippen MR) is 96.7 cm³/mol. The van der Waals surface area contributed by atoms with Gasteiger partial charge in [0.25, 0.3) is 10.8 Å². The molecule has 2 heterocycles. The van der Waals surface area contributed by atoms with Crippen molar-refractivity contribution in [3.8, 4) is 11.5 Å². The summed E-state index contributed by atoms with van der Waals surface area (Å²) in [6, 6.07) is 14.6. The fourth-order valence-electron chi connectivity index (χ4n) is 2.32. The third-order valence-corrected chi connectivity index (χ3v) is 4.54. The molecule has 0 aliphatic heterocycles. The number of nitrogens with zero attached hydrogens (tertiary/aromatic N) is 3. The molecule has 124 valence electrons. The molecule has 0 fully saturated rings. The molecule has 4 rings (SSSR count). The van der Waals surface area contributed by atoms with E-state index in [1.165, 1.54) is 11.8 Å². The summed E-state index contributed by atoms with van der Waals surface area (Å²) in [6.07, 6.45) is 0. The standard InChI is InChI=1S/C17H11ClN4O2S/c18-11-6-7-13-12(8-11)15(23)20-14(19-13)9-25-17-22-21-16(24-17)10-4-2-1-3-5-10/h1-8H,9H2,(H,19,20,23). The number of benzene rings is 2. The zero-order valence-electron chi connectivity index (χ0n) is 12.8. The molecule has 0 amide bonds. The van der Waals surface area contributed by atoms with Gasteiger partial charge in [-0.1, -0.05) is 41.6 Å². The van der Waals surface area contributed by atoms with Gasteiger partial charge < -0.3 is 9.40 Å². The van der Waals surface area contributed by atoms with E-state index in [9.17, 15) is 4.79 Å². The van der Waals surface area contributed by atoms with Crippen LogP contribution in [0.3, 0.4) is 0 Å². The lowest BCUT2D eigenvalue weighted by atomic mass is 10.2. The van der Waals surface area contributed by atoms with Crippen molar-refractivity contribution in [3.63, 3.8) is 0 Å². The van der Waals surface area contributed by atoms with E-state index in [2.05, 4.69) is 20.2 Å². The first kappa shape index (κ1) is 15.9. The Morgan fingerprint density at radius 3 is 2.80 bits per heavy atom. The van der Waals surface area contributed by atoms with Gasteiger partial charge in [-0.05, 0) is 30.3 Å². The Kier molecular flexibility index (Phi) is 4.25. The highest BCUT2D eigenvalue weighted by Crippen LogP contribution is 2.25. The Balaban J connectivity index is 1.54. The first-order valence-electron chi connectivity index (χ1n) is 7.39. The molecule has 0 aliphatic rings. The third kappa shape index (κ3) is 3.42. The molecule has 2 aromatic heterocycles. The number of nitrogens with one attached hydrogen (secondary N) is 1. The lowest BCUT2D eigenvalue weighted by Crippen LogP contribution is -2.11. The quantitative estimate of drug-likeness (QED) is 0.548. The predicted octanol–water partition coefficient (Wildman–Crippen LogP) is 3.92. The van der Waals surface area contributed by atoms with Crippen LogP contribution in [0.15, 0.2) is 63.0 Å². The molecule has 0 bridgehead atoms. The Bertz CT molecular complexity index is 1090. The van der Waals surface area contributed by atoms with E-state index in [0.717, 1.165) is 5.56 Å². The van der Waals surface area contributed by atoms with Gasteiger partial charge in [0.1, 0.15) is 5.82 Å². The van der Waals surface area contributed by atoms with Gasteiger partial charge >= 0.3 is 0 Å². The van der Waals surface area contributed by atoms with Crippen LogP contribution in [0, 0.1) is 0 Å². The average Bonchev–Trinajstić information content (AvgIpc) is 3.10. The molecule has 1 N–H and O–H groups in total. The number of fused-ring (bicyclic) bond motifs is 1. The maximum atomic E-state index is 12.1. The van der Waals surface area contributed by atoms with Crippen LogP contribution in [0.25, 0.3) is 22.4 Å². The van der Waals surface area contributed by atoms with E-state index in [0.29, 0.717) is 38.6 Å². The van der Waals surface area contributed by atoms with Crippen molar-refractivity contribution in [2.24, 2.45) is 0 Å². The van der Waals surface area contributed by atoms with E-state index in [-0.39, 0.29) is 5.56 Å². The molecule has 0 saturated heterocycles. The molecule has 0 unspecified atom stereocenters. The molecule has 4 aromatic rings. The minimum Gasteiger partial charge on any atom is -0.411 e. The topological polar surface area (TPSA) is 84.7 Å². The summed E-state index contributed by atoms with van der Waals surface area (Å²) >= 11 is 7.22. The van der Waals surface area contributed by atoms with Gasteiger partial charge in [-0.25, -0.2) is 4.98 Å². The Labute approximate surface area is 151 Å². The Hall–Kier alpha value is -2.64. The number of aromatic amines is 1. The normalized spacial score (nSPS) is 11.1. The number of hydrogen-bond acceptors (Lipinski definition) is 6. The second-order valence-electron chi connectivity index (χ2n) is 5.20. The zero-order chi connectivity index (χ0) is 17.2. The van der Waals surface area contributed by atoms with E-state index in [1.54, 1.807) is 18.2 Å². The molecule has 2 aromatic carbocycles. The van der Waals surface area contributed by atoms with Crippen LogP contribution in [0.1, 0.15) is 5.82 Å². The van der Waals surface area contributed by atoms with Crippen LogP contribution in [0.2, 0.25) is 5.02 Å². The monoisotopic (exact) mass is 370 g/mol. The summed E-state index contributed by atoms with van der Waals surface area (Å²) in [5.41, 5.74) is 1.23. The summed E-state index contributed by atoms with van der Waals surface area (Å²) in [5, 5.41) is 9.42.